The highest BCUT2D eigenvalue weighted by atomic mass is 127. The smallest absolute Gasteiger partial charge is 0.261 e. The van der Waals surface area contributed by atoms with Crippen molar-refractivity contribution in [3.63, 3.8) is 0 Å². The predicted molar refractivity (Wildman–Crippen MR) is 91.1 cm³/mol. The highest BCUT2D eigenvalue weighted by Crippen LogP contribution is 2.29. The first kappa shape index (κ1) is 14.5. The van der Waals surface area contributed by atoms with Gasteiger partial charge >= 0.3 is 0 Å². The van der Waals surface area contributed by atoms with Crippen molar-refractivity contribution in [2.75, 3.05) is 0 Å². The summed E-state index contributed by atoms with van der Waals surface area (Å²) in [7, 11) is 0. The fraction of sp³-hybridized carbons (Fsp3) is 0.0667. The average Bonchev–Trinajstić information content (AvgIpc) is 2.92. The third-order valence-corrected chi connectivity index (χ3v) is 4.41. The van der Waals surface area contributed by atoms with E-state index in [9.17, 15) is 5.11 Å². The Bertz CT molecular complexity index is 789. The quantitative estimate of drug-likeness (QED) is 0.593. The third-order valence-electron chi connectivity index (χ3n) is 2.96. The van der Waals surface area contributed by atoms with Gasteiger partial charge in [0.2, 0.25) is 0 Å². The Morgan fingerprint density at radius 1 is 1.19 bits per heavy atom. The summed E-state index contributed by atoms with van der Waals surface area (Å²) < 4.78 is 7.26. The Labute approximate surface area is 143 Å². The van der Waals surface area contributed by atoms with Crippen LogP contribution in [0.3, 0.4) is 0 Å². The molecule has 1 heterocycles. The standard InChI is InChI=1S/C15H10BrIN2O2/c16-12-4-2-1-3-9(12)7-14-18-15(21-19-14)11-8-10(17)5-6-13(11)20/h1-6,8,20H,7H2. The van der Waals surface area contributed by atoms with Crippen LogP contribution in [0.2, 0.25) is 0 Å². The molecule has 0 radical (unpaired) electrons. The van der Waals surface area contributed by atoms with Gasteiger partial charge in [-0.1, -0.05) is 39.3 Å². The summed E-state index contributed by atoms with van der Waals surface area (Å²) in [4.78, 5) is 4.36. The maximum absolute atomic E-state index is 9.89. The van der Waals surface area contributed by atoms with Crippen LogP contribution in [0.5, 0.6) is 5.75 Å². The summed E-state index contributed by atoms with van der Waals surface area (Å²) in [6, 6.07) is 13.1. The van der Waals surface area contributed by atoms with Gasteiger partial charge in [-0.25, -0.2) is 0 Å². The second-order valence-corrected chi connectivity index (χ2v) is 6.55. The second kappa shape index (κ2) is 6.15. The van der Waals surface area contributed by atoms with Gasteiger partial charge in [0.25, 0.3) is 5.89 Å². The number of nitrogens with zero attached hydrogens (tertiary/aromatic N) is 2. The highest BCUT2D eigenvalue weighted by molar-refractivity contribution is 14.1. The van der Waals surface area contributed by atoms with Crippen molar-refractivity contribution in [3.05, 3.63) is 61.9 Å². The van der Waals surface area contributed by atoms with E-state index in [0.29, 0.717) is 23.7 Å². The molecule has 0 unspecified atom stereocenters. The number of aromatic nitrogens is 2. The molecule has 1 aromatic heterocycles. The fourth-order valence-corrected chi connectivity index (χ4v) is 2.84. The Balaban J connectivity index is 1.90. The molecule has 0 amide bonds. The number of phenols is 1. The molecule has 0 atom stereocenters. The molecule has 3 rings (SSSR count). The summed E-state index contributed by atoms with van der Waals surface area (Å²) in [6.45, 7) is 0. The van der Waals surface area contributed by atoms with Crippen LogP contribution < -0.4 is 0 Å². The Morgan fingerprint density at radius 3 is 2.81 bits per heavy atom. The number of hydrogen-bond acceptors (Lipinski definition) is 4. The van der Waals surface area contributed by atoms with Crippen LogP contribution in [0.25, 0.3) is 11.5 Å². The first-order chi connectivity index (χ1) is 10.1. The molecule has 3 aromatic rings. The van der Waals surface area contributed by atoms with Crippen LogP contribution in [0.15, 0.2) is 51.5 Å². The van der Waals surface area contributed by atoms with Gasteiger partial charge in [0.15, 0.2) is 5.82 Å². The van der Waals surface area contributed by atoms with Gasteiger partial charge in [0.1, 0.15) is 5.75 Å². The number of hydrogen-bond donors (Lipinski definition) is 1. The van der Waals surface area contributed by atoms with Crippen LogP contribution in [-0.2, 0) is 6.42 Å². The van der Waals surface area contributed by atoms with E-state index in [2.05, 4.69) is 48.7 Å². The van der Waals surface area contributed by atoms with E-state index in [1.807, 2.05) is 36.4 Å². The van der Waals surface area contributed by atoms with Crippen molar-refractivity contribution < 1.29 is 9.63 Å². The van der Waals surface area contributed by atoms with Crippen molar-refractivity contribution in [2.24, 2.45) is 0 Å². The zero-order valence-corrected chi connectivity index (χ0v) is 14.5. The Kier molecular flexibility index (Phi) is 4.25. The monoisotopic (exact) mass is 456 g/mol. The largest absolute Gasteiger partial charge is 0.507 e. The predicted octanol–water partition coefficient (Wildman–Crippen LogP) is 4.40. The minimum Gasteiger partial charge on any atom is -0.507 e. The zero-order chi connectivity index (χ0) is 14.8. The molecule has 0 fully saturated rings. The zero-order valence-electron chi connectivity index (χ0n) is 10.8. The van der Waals surface area contributed by atoms with E-state index in [-0.39, 0.29) is 5.75 Å². The van der Waals surface area contributed by atoms with Crippen molar-refractivity contribution in [2.45, 2.75) is 6.42 Å². The Morgan fingerprint density at radius 2 is 2.00 bits per heavy atom. The lowest BCUT2D eigenvalue weighted by atomic mass is 10.1. The lowest BCUT2D eigenvalue weighted by Crippen LogP contribution is -1.92. The number of aromatic hydroxyl groups is 1. The van der Waals surface area contributed by atoms with Gasteiger partial charge in [-0.15, -0.1) is 0 Å². The number of rotatable bonds is 3. The third kappa shape index (κ3) is 3.26. The molecule has 21 heavy (non-hydrogen) atoms. The molecule has 6 heteroatoms. The molecule has 4 nitrogen and oxygen atoms in total. The molecule has 0 bridgehead atoms. The summed E-state index contributed by atoms with van der Waals surface area (Å²) in [5.41, 5.74) is 1.63. The maximum Gasteiger partial charge on any atom is 0.261 e. The van der Waals surface area contributed by atoms with E-state index in [1.165, 1.54) is 0 Å². The van der Waals surface area contributed by atoms with E-state index in [1.54, 1.807) is 6.07 Å². The van der Waals surface area contributed by atoms with Gasteiger partial charge in [0.05, 0.1) is 5.56 Å². The number of halogens is 2. The molecule has 0 aliphatic carbocycles. The molecule has 0 aliphatic heterocycles. The van der Waals surface area contributed by atoms with Gasteiger partial charge < -0.3 is 9.63 Å². The fourth-order valence-electron chi connectivity index (χ4n) is 1.93. The van der Waals surface area contributed by atoms with Gasteiger partial charge in [-0.05, 0) is 52.4 Å². The van der Waals surface area contributed by atoms with Crippen molar-refractivity contribution in [1.82, 2.24) is 10.1 Å². The van der Waals surface area contributed by atoms with Crippen molar-refractivity contribution in [3.8, 4) is 17.2 Å². The number of benzene rings is 2. The van der Waals surface area contributed by atoms with Gasteiger partial charge in [-0.3, -0.25) is 0 Å². The Hall–Kier alpha value is -1.41. The van der Waals surface area contributed by atoms with Gasteiger partial charge in [0, 0.05) is 14.5 Å². The molecule has 106 valence electrons. The molecular weight excluding hydrogens is 447 g/mol. The normalized spacial score (nSPS) is 10.8. The first-order valence-corrected chi connectivity index (χ1v) is 8.05. The minimum absolute atomic E-state index is 0.131. The van der Waals surface area contributed by atoms with Crippen LogP contribution in [0, 0.1) is 3.57 Å². The van der Waals surface area contributed by atoms with E-state index >= 15 is 0 Å². The maximum atomic E-state index is 9.89. The second-order valence-electron chi connectivity index (χ2n) is 4.45. The molecule has 0 aliphatic rings. The summed E-state index contributed by atoms with van der Waals surface area (Å²) in [6.07, 6.45) is 0.565. The van der Waals surface area contributed by atoms with Crippen LogP contribution in [0.4, 0.5) is 0 Å². The highest BCUT2D eigenvalue weighted by Gasteiger charge is 2.14. The van der Waals surface area contributed by atoms with E-state index in [4.69, 9.17) is 4.52 Å². The summed E-state index contributed by atoms with van der Waals surface area (Å²) in [5.74, 6) is 1.04. The molecular formula is C15H10BrIN2O2. The number of phenolic OH excluding ortho intramolecular Hbond substituents is 1. The van der Waals surface area contributed by atoms with Gasteiger partial charge in [-0.2, -0.15) is 4.98 Å². The average molecular weight is 457 g/mol. The lowest BCUT2D eigenvalue weighted by molar-refractivity contribution is 0.418. The minimum atomic E-state index is 0.131. The van der Waals surface area contributed by atoms with E-state index < -0.39 is 0 Å². The lowest BCUT2D eigenvalue weighted by Gasteiger charge is -2.00. The van der Waals surface area contributed by atoms with Crippen LogP contribution >= 0.6 is 38.5 Å². The van der Waals surface area contributed by atoms with Crippen LogP contribution in [-0.4, -0.2) is 15.2 Å². The summed E-state index contributed by atoms with van der Waals surface area (Å²) in [5, 5.41) is 13.9. The topological polar surface area (TPSA) is 59.2 Å². The van der Waals surface area contributed by atoms with Crippen LogP contribution in [0.1, 0.15) is 11.4 Å². The van der Waals surface area contributed by atoms with Crippen molar-refractivity contribution >= 4 is 38.5 Å². The molecule has 1 N–H and O–H groups in total. The summed E-state index contributed by atoms with van der Waals surface area (Å²) >= 11 is 5.67. The van der Waals surface area contributed by atoms with E-state index in [0.717, 1.165) is 13.6 Å². The first-order valence-electron chi connectivity index (χ1n) is 6.18. The molecule has 2 aromatic carbocycles. The van der Waals surface area contributed by atoms with Crippen molar-refractivity contribution in [1.29, 1.82) is 0 Å². The SMILES string of the molecule is Oc1ccc(I)cc1-c1nc(Cc2ccccc2Br)no1. The molecule has 0 saturated heterocycles. The molecule has 0 spiro atoms. The molecule has 0 saturated carbocycles.